The van der Waals surface area contributed by atoms with Gasteiger partial charge in [0, 0.05) is 0 Å². The normalized spacial score (nSPS) is 14.6. The van der Waals surface area contributed by atoms with Crippen LogP contribution < -0.4 is 5.32 Å². The molecule has 1 atom stereocenters. The molecule has 0 rings (SSSR count). The van der Waals surface area contributed by atoms with E-state index in [1.165, 1.54) is 25.8 Å². The van der Waals surface area contributed by atoms with E-state index in [2.05, 4.69) is 53.8 Å². The monoisotopic (exact) mass is 241 g/mol. The molecule has 17 heavy (non-hydrogen) atoms. The van der Waals surface area contributed by atoms with Crippen molar-refractivity contribution in [3.63, 3.8) is 0 Å². The van der Waals surface area contributed by atoms with E-state index in [-0.39, 0.29) is 0 Å². The van der Waals surface area contributed by atoms with Crippen LogP contribution in [0.4, 0.5) is 0 Å². The van der Waals surface area contributed by atoms with Crippen LogP contribution in [0.5, 0.6) is 0 Å². The topological polar surface area (TPSA) is 12.0 Å². The van der Waals surface area contributed by atoms with Crippen LogP contribution in [-0.4, -0.2) is 13.1 Å². The number of hydrogen-bond acceptors (Lipinski definition) is 1. The molecule has 0 fully saturated rings. The third-order valence-corrected chi connectivity index (χ3v) is 3.50. The largest absolute Gasteiger partial charge is 0.316 e. The molecule has 0 saturated heterocycles. The average molecular weight is 241 g/mol. The summed E-state index contributed by atoms with van der Waals surface area (Å²) in [5, 5.41) is 3.63. The van der Waals surface area contributed by atoms with E-state index >= 15 is 0 Å². The lowest BCUT2D eigenvalue weighted by Gasteiger charge is -2.31. The second kappa shape index (κ2) is 8.13. The van der Waals surface area contributed by atoms with Crippen molar-refractivity contribution >= 4 is 0 Å². The Kier molecular flexibility index (Phi) is 8.11. The molecule has 0 saturated carbocycles. The molecule has 0 bridgehead atoms. The zero-order valence-electron chi connectivity index (χ0n) is 13.3. The predicted octanol–water partition coefficient (Wildman–Crippen LogP) is 4.72. The molecular weight excluding hydrogens is 206 g/mol. The molecule has 0 aliphatic rings. The molecule has 0 aliphatic carbocycles. The standard InChI is InChI=1S/C16H35N/c1-13(2)9-8-10-15(16(5,6)7)12-17-11-14(3)4/h13-15,17H,8-12H2,1-7H3. The summed E-state index contributed by atoms with van der Waals surface area (Å²) in [7, 11) is 0. The van der Waals surface area contributed by atoms with Gasteiger partial charge in [0.15, 0.2) is 0 Å². The molecule has 0 heterocycles. The molecule has 1 nitrogen and oxygen atoms in total. The van der Waals surface area contributed by atoms with Gasteiger partial charge in [-0.05, 0) is 42.7 Å². The maximum atomic E-state index is 3.63. The summed E-state index contributed by atoms with van der Waals surface area (Å²) in [4.78, 5) is 0. The van der Waals surface area contributed by atoms with Crippen molar-refractivity contribution in [3.05, 3.63) is 0 Å². The highest BCUT2D eigenvalue weighted by Crippen LogP contribution is 2.30. The van der Waals surface area contributed by atoms with Gasteiger partial charge in [-0.3, -0.25) is 0 Å². The van der Waals surface area contributed by atoms with Crippen LogP contribution in [-0.2, 0) is 0 Å². The van der Waals surface area contributed by atoms with Crippen LogP contribution in [0.3, 0.4) is 0 Å². The maximum absolute atomic E-state index is 3.63. The minimum absolute atomic E-state index is 0.432. The quantitative estimate of drug-likeness (QED) is 0.648. The Hall–Kier alpha value is -0.0400. The predicted molar refractivity (Wildman–Crippen MR) is 79.3 cm³/mol. The van der Waals surface area contributed by atoms with Crippen LogP contribution in [0, 0.1) is 23.2 Å². The zero-order valence-corrected chi connectivity index (χ0v) is 13.3. The minimum atomic E-state index is 0.432. The van der Waals surface area contributed by atoms with Gasteiger partial charge in [0.05, 0.1) is 0 Å². The Labute approximate surface area is 110 Å². The summed E-state index contributed by atoms with van der Waals surface area (Å²) >= 11 is 0. The second-order valence-corrected chi connectivity index (χ2v) is 7.44. The first-order valence-corrected chi connectivity index (χ1v) is 7.44. The molecule has 0 aromatic rings. The van der Waals surface area contributed by atoms with Crippen molar-refractivity contribution in [2.45, 2.75) is 67.7 Å². The summed E-state index contributed by atoms with van der Waals surface area (Å²) in [6, 6.07) is 0. The van der Waals surface area contributed by atoms with Gasteiger partial charge in [0.1, 0.15) is 0 Å². The van der Waals surface area contributed by atoms with Gasteiger partial charge >= 0.3 is 0 Å². The van der Waals surface area contributed by atoms with E-state index in [0.717, 1.165) is 24.3 Å². The Morgan fingerprint density at radius 1 is 0.824 bits per heavy atom. The smallest absolute Gasteiger partial charge is 0.00154 e. The first-order chi connectivity index (χ1) is 7.73. The van der Waals surface area contributed by atoms with E-state index in [0.29, 0.717) is 5.41 Å². The maximum Gasteiger partial charge on any atom is -0.00154 e. The van der Waals surface area contributed by atoms with E-state index in [1.807, 2.05) is 0 Å². The zero-order chi connectivity index (χ0) is 13.5. The van der Waals surface area contributed by atoms with E-state index in [9.17, 15) is 0 Å². The van der Waals surface area contributed by atoms with Gasteiger partial charge in [-0.25, -0.2) is 0 Å². The summed E-state index contributed by atoms with van der Waals surface area (Å²) in [6.45, 7) is 18.7. The van der Waals surface area contributed by atoms with Crippen molar-refractivity contribution in [1.29, 1.82) is 0 Å². The lowest BCUT2D eigenvalue weighted by molar-refractivity contribution is 0.209. The molecular formula is C16H35N. The molecule has 0 aromatic carbocycles. The molecule has 0 amide bonds. The second-order valence-electron chi connectivity index (χ2n) is 7.44. The number of hydrogen-bond donors (Lipinski definition) is 1. The molecule has 104 valence electrons. The SMILES string of the molecule is CC(C)CCCC(CNCC(C)C)C(C)(C)C. The third kappa shape index (κ3) is 9.64. The van der Waals surface area contributed by atoms with Crippen LogP contribution in [0.1, 0.15) is 67.7 Å². The van der Waals surface area contributed by atoms with E-state index in [4.69, 9.17) is 0 Å². The lowest BCUT2D eigenvalue weighted by atomic mass is 9.77. The van der Waals surface area contributed by atoms with Crippen molar-refractivity contribution < 1.29 is 0 Å². The van der Waals surface area contributed by atoms with Crippen molar-refractivity contribution in [2.24, 2.45) is 23.2 Å². The summed E-state index contributed by atoms with van der Waals surface area (Å²) in [5.41, 5.74) is 0.432. The molecule has 1 N–H and O–H groups in total. The average Bonchev–Trinajstić information content (AvgIpc) is 2.12. The van der Waals surface area contributed by atoms with Gasteiger partial charge in [0.2, 0.25) is 0 Å². The van der Waals surface area contributed by atoms with E-state index in [1.54, 1.807) is 0 Å². The van der Waals surface area contributed by atoms with Crippen LogP contribution in [0.2, 0.25) is 0 Å². The fourth-order valence-corrected chi connectivity index (χ4v) is 2.16. The Morgan fingerprint density at radius 3 is 1.82 bits per heavy atom. The third-order valence-electron chi connectivity index (χ3n) is 3.50. The highest BCUT2D eigenvalue weighted by molar-refractivity contribution is 4.76. The van der Waals surface area contributed by atoms with Gasteiger partial charge < -0.3 is 5.32 Å². The van der Waals surface area contributed by atoms with E-state index < -0.39 is 0 Å². The number of rotatable bonds is 8. The molecule has 1 unspecified atom stereocenters. The van der Waals surface area contributed by atoms with Gasteiger partial charge in [0.25, 0.3) is 0 Å². The molecule has 0 aromatic heterocycles. The molecule has 0 radical (unpaired) electrons. The highest BCUT2D eigenvalue weighted by Gasteiger charge is 2.23. The highest BCUT2D eigenvalue weighted by atomic mass is 14.9. The van der Waals surface area contributed by atoms with Crippen LogP contribution in [0.15, 0.2) is 0 Å². The Balaban J connectivity index is 3.98. The van der Waals surface area contributed by atoms with Crippen LogP contribution in [0.25, 0.3) is 0 Å². The van der Waals surface area contributed by atoms with Gasteiger partial charge in [-0.1, -0.05) is 61.3 Å². The summed E-state index contributed by atoms with van der Waals surface area (Å²) in [5.74, 6) is 2.41. The summed E-state index contributed by atoms with van der Waals surface area (Å²) < 4.78 is 0. The van der Waals surface area contributed by atoms with Gasteiger partial charge in [-0.15, -0.1) is 0 Å². The Bertz CT molecular complexity index is 162. The van der Waals surface area contributed by atoms with Crippen molar-refractivity contribution in [3.8, 4) is 0 Å². The number of nitrogens with one attached hydrogen (secondary N) is 1. The van der Waals surface area contributed by atoms with Crippen LogP contribution >= 0.6 is 0 Å². The fourth-order valence-electron chi connectivity index (χ4n) is 2.16. The molecule has 0 aliphatic heterocycles. The van der Waals surface area contributed by atoms with Crippen molar-refractivity contribution in [1.82, 2.24) is 5.32 Å². The fraction of sp³-hybridized carbons (Fsp3) is 1.00. The van der Waals surface area contributed by atoms with Gasteiger partial charge in [-0.2, -0.15) is 0 Å². The van der Waals surface area contributed by atoms with Crippen molar-refractivity contribution in [2.75, 3.05) is 13.1 Å². The summed E-state index contributed by atoms with van der Waals surface area (Å²) in [6.07, 6.45) is 4.12. The molecule has 0 spiro atoms. The first-order valence-electron chi connectivity index (χ1n) is 7.44. The Morgan fingerprint density at radius 2 is 1.41 bits per heavy atom. The first kappa shape index (κ1) is 17.0. The minimum Gasteiger partial charge on any atom is -0.316 e. The molecule has 1 heteroatoms. The lowest BCUT2D eigenvalue weighted by Crippen LogP contribution is -2.33.